The lowest BCUT2D eigenvalue weighted by Gasteiger charge is -2.36. The lowest BCUT2D eigenvalue weighted by molar-refractivity contribution is -0.184. The van der Waals surface area contributed by atoms with Crippen LogP contribution in [0.1, 0.15) is 26.2 Å². The predicted octanol–water partition coefficient (Wildman–Crippen LogP) is 0.813. The molecule has 2 rings (SSSR count). The number of rotatable bonds is 6. The first-order chi connectivity index (χ1) is 10.9. The van der Waals surface area contributed by atoms with E-state index in [1.54, 1.807) is 0 Å². The minimum Gasteiger partial charge on any atom is -0.353 e. The number of hydrogen-bond donors (Lipinski definition) is 2. The van der Waals surface area contributed by atoms with Crippen molar-refractivity contribution in [3.63, 3.8) is 0 Å². The third-order valence-electron chi connectivity index (χ3n) is 4.62. The standard InChI is InChI=1S/C15H27F3N4O/c1-2-7-21-8-3-4-12(21)14(23)20-11-13(15(16,17)18)22-9-5-19-6-10-22/h12-13,19H,2-11H2,1H3,(H,20,23). The second kappa shape index (κ2) is 8.30. The van der Waals surface area contributed by atoms with Crippen LogP contribution in [0.2, 0.25) is 0 Å². The third-order valence-corrected chi connectivity index (χ3v) is 4.62. The van der Waals surface area contributed by atoms with Crippen LogP contribution in [0, 0.1) is 0 Å². The fourth-order valence-corrected chi connectivity index (χ4v) is 3.44. The molecule has 5 nitrogen and oxygen atoms in total. The van der Waals surface area contributed by atoms with E-state index in [2.05, 4.69) is 15.5 Å². The molecule has 2 aliphatic rings. The molecule has 1 amide bonds. The van der Waals surface area contributed by atoms with E-state index in [1.807, 2.05) is 6.92 Å². The lowest BCUT2D eigenvalue weighted by Crippen LogP contribution is -2.58. The zero-order valence-corrected chi connectivity index (χ0v) is 13.7. The van der Waals surface area contributed by atoms with E-state index in [0.29, 0.717) is 26.2 Å². The molecule has 2 N–H and O–H groups in total. The summed E-state index contributed by atoms with van der Waals surface area (Å²) < 4.78 is 39.9. The van der Waals surface area contributed by atoms with E-state index >= 15 is 0 Å². The Morgan fingerprint density at radius 3 is 2.61 bits per heavy atom. The molecule has 2 unspecified atom stereocenters. The Hall–Kier alpha value is -0.860. The van der Waals surface area contributed by atoms with Crippen molar-refractivity contribution in [1.82, 2.24) is 20.4 Å². The van der Waals surface area contributed by atoms with Gasteiger partial charge in [-0.2, -0.15) is 13.2 Å². The van der Waals surface area contributed by atoms with E-state index in [0.717, 1.165) is 32.4 Å². The normalized spacial score (nSPS) is 25.5. The van der Waals surface area contributed by atoms with Gasteiger partial charge in [-0.1, -0.05) is 6.92 Å². The smallest absolute Gasteiger partial charge is 0.353 e. The second-order valence-electron chi connectivity index (χ2n) is 6.28. The van der Waals surface area contributed by atoms with Crippen LogP contribution in [-0.2, 0) is 4.79 Å². The van der Waals surface area contributed by atoms with Crippen LogP contribution in [0.4, 0.5) is 13.2 Å². The Morgan fingerprint density at radius 2 is 2.00 bits per heavy atom. The molecule has 2 saturated heterocycles. The SMILES string of the molecule is CCCN1CCCC1C(=O)NCC(N1CCNCC1)C(F)(F)F. The van der Waals surface area contributed by atoms with Gasteiger partial charge in [0, 0.05) is 32.7 Å². The maximum absolute atomic E-state index is 13.3. The van der Waals surface area contributed by atoms with Crippen LogP contribution in [0.15, 0.2) is 0 Å². The molecule has 134 valence electrons. The van der Waals surface area contributed by atoms with Crippen LogP contribution in [0.5, 0.6) is 0 Å². The first-order valence-electron chi connectivity index (χ1n) is 8.46. The molecule has 0 bridgehead atoms. The van der Waals surface area contributed by atoms with Crippen LogP contribution in [0.25, 0.3) is 0 Å². The number of carbonyl (C=O) groups is 1. The summed E-state index contributed by atoms with van der Waals surface area (Å²) in [6.07, 6.45) is -1.73. The average molecular weight is 336 g/mol. The molecule has 2 heterocycles. The van der Waals surface area contributed by atoms with Gasteiger partial charge in [0.2, 0.25) is 5.91 Å². The minimum atomic E-state index is -4.33. The van der Waals surface area contributed by atoms with Crippen LogP contribution in [0.3, 0.4) is 0 Å². The molecule has 0 aromatic heterocycles. The summed E-state index contributed by atoms with van der Waals surface area (Å²) >= 11 is 0. The van der Waals surface area contributed by atoms with Crippen molar-refractivity contribution in [3.05, 3.63) is 0 Å². The highest BCUT2D eigenvalue weighted by Gasteiger charge is 2.44. The van der Waals surface area contributed by atoms with Gasteiger partial charge < -0.3 is 10.6 Å². The molecule has 2 aliphatic heterocycles. The molecule has 0 saturated carbocycles. The monoisotopic (exact) mass is 336 g/mol. The maximum Gasteiger partial charge on any atom is 0.405 e. The molecular weight excluding hydrogens is 309 g/mol. The van der Waals surface area contributed by atoms with Crippen molar-refractivity contribution in [2.45, 2.75) is 44.4 Å². The van der Waals surface area contributed by atoms with E-state index in [1.165, 1.54) is 4.90 Å². The largest absolute Gasteiger partial charge is 0.405 e. The van der Waals surface area contributed by atoms with Crippen LogP contribution >= 0.6 is 0 Å². The van der Waals surface area contributed by atoms with Crippen molar-refractivity contribution < 1.29 is 18.0 Å². The third kappa shape index (κ3) is 5.06. The fraction of sp³-hybridized carbons (Fsp3) is 0.933. The number of likely N-dealkylation sites (tertiary alicyclic amines) is 1. The summed E-state index contributed by atoms with van der Waals surface area (Å²) in [6, 6.07) is -1.87. The molecule has 0 aromatic carbocycles. The molecule has 0 aromatic rings. The summed E-state index contributed by atoms with van der Waals surface area (Å²) in [5.74, 6) is -0.264. The molecule has 23 heavy (non-hydrogen) atoms. The summed E-state index contributed by atoms with van der Waals surface area (Å²) in [6.45, 7) is 5.15. The Morgan fingerprint density at radius 1 is 1.30 bits per heavy atom. The van der Waals surface area contributed by atoms with Gasteiger partial charge in [0.1, 0.15) is 6.04 Å². The van der Waals surface area contributed by atoms with Crippen LogP contribution in [-0.4, -0.2) is 79.8 Å². The van der Waals surface area contributed by atoms with E-state index in [9.17, 15) is 18.0 Å². The van der Waals surface area contributed by atoms with Gasteiger partial charge in [-0.25, -0.2) is 0 Å². The van der Waals surface area contributed by atoms with Crippen molar-refractivity contribution >= 4 is 5.91 Å². The van der Waals surface area contributed by atoms with Gasteiger partial charge in [-0.3, -0.25) is 14.6 Å². The Labute approximate surface area is 135 Å². The van der Waals surface area contributed by atoms with E-state index < -0.39 is 12.2 Å². The minimum absolute atomic E-state index is 0.264. The number of amides is 1. The van der Waals surface area contributed by atoms with Gasteiger partial charge in [0.15, 0.2) is 0 Å². The number of carbonyl (C=O) groups excluding carboxylic acids is 1. The molecule has 0 spiro atoms. The number of halogens is 3. The maximum atomic E-state index is 13.3. The quantitative estimate of drug-likeness (QED) is 0.754. The molecule has 2 fully saturated rings. The highest BCUT2D eigenvalue weighted by molar-refractivity contribution is 5.82. The van der Waals surface area contributed by atoms with Crippen molar-refractivity contribution in [1.29, 1.82) is 0 Å². The van der Waals surface area contributed by atoms with Gasteiger partial charge in [0.05, 0.1) is 6.04 Å². The Kier molecular flexibility index (Phi) is 6.67. The van der Waals surface area contributed by atoms with Gasteiger partial charge in [0.25, 0.3) is 0 Å². The van der Waals surface area contributed by atoms with E-state index in [-0.39, 0.29) is 18.5 Å². The van der Waals surface area contributed by atoms with E-state index in [4.69, 9.17) is 0 Å². The molecule has 0 aliphatic carbocycles. The van der Waals surface area contributed by atoms with Gasteiger partial charge >= 0.3 is 6.18 Å². The zero-order valence-electron chi connectivity index (χ0n) is 13.7. The van der Waals surface area contributed by atoms with Gasteiger partial charge in [-0.05, 0) is 32.4 Å². The second-order valence-corrected chi connectivity index (χ2v) is 6.28. The van der Waals surface area contributed by atoms with Crippen LogP contribution < -0.4 is 10.6 Å². The Bertz CT molecular complexity index is 385. The number of piperazine rings is 1. The fourth-order valence-electron chi connectivity index (χ4n) is 3.44. The van der Waals surface area contributed by atoms with Crippen molar-refractivity contribution in [3.8, 4) is 0 Å². The number of hydrogen-bond acceptors (Lipinski definition) is 4. The van der Waals surface area contributed by atoms with Gasteiger partial charge in [-0.15, -0.1) is 0 Å². The molecular formula is C15H27F3N4O. The zero-order chi connectivity index (χ0) is 16.9. The highest BCUT2D eigenvalue weighted by Crippen LogP contribution is 2.25. The summed E-state index contributed by atoms with van der Waals surface area (Å²) in [5, 5.41) is 5.60. The highest BCUT2D eigenvalue weighted by atomic mass is 19.4. The first-order valence-corrected chi connectivity index (χ1v) is 8.46. The lowest BCUT2D eigenvalue weighted by atomic mass is 10.1. The molecule has 8 heteroatoms. The van der Waals surface area contributed by atoms with Crippen molar-refractivity contribution in [2.24, 2.45) is 0 Å². The summed E-state index contributed by atoms with van der Waals surface area (Å²) in [4.78, 5) is 15.8. The summed E-state index contributed by atoms with van der Waals surface area (Å²) in [5.41, 5.74) is 0. The molecule has 0 radical (unpaired) electrons. The number of alkyl halides is 3. The van der Waals surface area contributed by atoms with Crippen molar-refractivity contribution in [2.75, 3.05) is 45.8 Å². The molecule has 2 atom stereocenters. The summed E-state index contributed by atoms with van der Waals surface area (Å²) in [7, 11) is 0. The predicted molar refractivity (Wildman–Crippen MR) is 82.2 cm³/mol. The number of nitrogens with one attached hydrogen (secondary N) is 2. The first kappa shape index (κ1) is 18.5. The average Bonchev–Trinajstić information content (AvgIpc) is 2.96. The topological polar surface area (TPSA) is 47.6 Å². The number of nitrogens with zero attached hydrogens (tertiary/aromatic N) is 2. The Balaban J connectivity index is 1.91.